The molecule has 0 aliphatic carbocycles. The summed E-state index contributed by atoms with van der Waals surface area (Å²) in [6.07, 6.45) is 5.19. The van der Waals surface area contributed by atoms with Crippen molar-refractivity contribution in [2.45, 2.75) is 6.54 Å². The second-order valence-electron chi connectivity index (χ2n) is 2.76. The van der Waals surface area contributed by atoms with Crippen LogP contribution in [-0.4, -0.2) is 4.57 Å². The van der Waals surface area contributed by atoms with Crippen LogP contribution in [0.15, 0.2) is 41.3 Å². The molecule has 2 aromatic rings. The first-order valence-corrected chi connectivity index (χ1v) is 3.96. The van der Waals surface area contributed by atoms with Gasteiger partial charge in [0.05, 0.1) is 19.1 Å². The third-order valence-corrected chi connectivity index (χ3v) is 1.88. The standard InChI is InChI=1S/C10H8N2O/c11-6-10-2-1-4-12(10)7-9-3-5-13-8-9/h1-5,8H,7H2. The van der Waals surface area contributed by atoms with Gasteiger partial charge in [-0.25, -0.2) is 0 Å². The first kappa shape index (κ1) is 7.69. The maximum Gasteiger partial charge on any atom is 0.120 e. The summed E-state index contributed by atoms with van der Waals surface area (Å²) in [7, 11) is 0. The molecule has 0 spiro atoms. The maximum atomic E-state index is 8.74. The van der Waals surface area contributed by atoms with E-state index in [1.165, 1.54) is 0 Å². The van der Waals surface area contributed by atoms with Gasteiger partial charge in [0.1, 0.15) is 11.8 Å². The fourth-order valence-electron chi connectivity index (χ4n) is 1.23. The molecule has 3 nitrogen and oxygen atoms in total. The Morgan fingerprint density at radius 1 is 1.46 bits per heavy atom. The van der Waals surface area contributed by atoms with Crippen LogP contribution in [-0.2, 0) is 6.54 Å². The molecule has 0 aliphatic heterocycles. The molecule has 0 bridgehead atoms. The van der Waals surface area contributed by atoms with E-state index in [9.17, 15) is 0 Å². The van der Waals surface area contributed by atoms with E-state index in [0.29, 0.717) is 12.2 Å². The van der Waals surface area contributed by atoms with Crippen molar-refractivity contribution >= 4 is 0 Å². The summed E-state index contributed by atoms with van der Waals surface area (Å²) in [5.74, 6) is 0. The molecule has 13 heavy (non-hydrogen) atoms. The lowest BCUT2D eigenvalue weighted by atomic mass is 10.3. The molecule has 3 heteroatoms. The summed E-state index contributed by atoms with van der Waals surface area (Å²) in [5, 5.41) is 8.74. The van der Waals surface area contributed by atoms with E-state index in [2.05, 4.69) is 6.07 Å². The lowest BCUT2D eigenvalue weighted by Crippen LogP contribution is -1.98. The van der Waals surface area contributed by atoms with Crippen molar-refractivity contribution in [2.24, 2.45) is 0 Å². The average molecular weight is 172 g/mol. The monoisotopic (exact) mass is 172 g/mol. The van der Waals surface area contributed by atoms with Gasteiger partial charge < -0.3 is 8.98 Å². The zero-order valence-corrected chi connectivity index (χ0v) is 6.97. The molecule has 0 saturated heterocycles. The van der Waals surface area contributed by atoms with Gasteiger partial charge in [-0.1, -0.05) is 0 Å². The van der Waals surface area contributed by atoms with Gasteiger partial charge in [0.25, 0.3) is 0 Å². The normalized spacial score (nSPS) is 9.77. The molecule has 0 N–H and O–H groups in total. The summed E-state index contributed by atoms with van der Waals surface area (Å²) in [4.78, 5) is 0. The number of hydrogen-bond donors (Lipinski definition) is 0. The second-order valence-corrected chi connectivity index (χ2v) is 2.76. The number of aromatic nitrogens is 1. The fourth-order valence-corrected chi connectivity index (χ4v) is 1.23. The zero-order valence-electron chi connectivity index (χ0n) is 6.97. The van der Waals surface area contributed by atoms with Crippen molar-refractivity contribution in [3.63, 3.8) is 0 Å². The van der Waals surface area contributed by atoms with Crippen molar-refractivity contribution < 1.29 is 4.42 Å². The molecule has 0 atom stereocenters. The first-order chi connectivity index (χ1) is 6.40. The highest BCUT2D eigenvalue weighted by Crippen LogP contribution is 2.07. The molecule has 0 unspecified atom stereocenters. The van der Waals surface area contributed by atoms with Gasteiger partial charge >= 0.3 is 0 Å². The minimum atomic E-state index is 0.668. The fraction of sp³-hybridized carbons (Fsp3) is 0.100. The SMILES string of the molecule is N#Cc1cccn1Cc1ccoc1. The number of furan rings is 1. The quantitative estimate of drug-likeness (QED) is 0.695. The highest BCUT2D eigenvalue weighted by atomic mass is 16.3. The van der Waals surface area contributed by atoms with E-state index in [-0.39, 0.29) is 0 Å². The molecule has 0 aromatic carbocycles. The molecule has 64 valence electrons. The Hall–Kier alpha value is -1.95. The van der Waals surface area contributed by atoms with Crippen LogP contribution in [0.2, 0.25) is 0 Å². The molecule has 2 rings (SSSR count). The van der Waals surface area contributed by atoms with E-state index in [0.717, 1.165) is 5.56 Å². The van der Waals surface area contributed by atoms with E-state index < -0.39 is 0 Å². The lowest BCUT2D eigenvalue weighted by molar-refractivity contribution is 0.562. The Kier molecular flexibility index (Phi) is 1.89. The number of nitriles is 1. The van der Waals surface area contributed by atoms with E-state index >= 15 is 0 Å². The highest BCUT2D eigenvalue weighted by molar-refractivity contribution is 5.23. The summed E-state index contributed by atoms with van der Waals surface area (Å²) in [5.41, 5.74) is 1.73. The van der Waals surface area contributed by atoms with Crippen molar-refractivity contribution in [2.75, 3.05) is 0 Å². The van der Waals surface area contributed by atoms with Gasteiger partial charge in [-0.15, -0.1) is 0 Å². The minimum absolute atomic E-state index is 0.668. The van der Waals surface area contributed by atoms with Gasteiger partial charge in [-0.3, -0.25) is 0 Å². The Labute approximate surface area is 75.8 Å². The summed E-state index contributed by atoms with van der Waals surface area (Å²) >= 11 is 0. The molecule has 0 fully saturated rings. The molecule has 2 heterocycles. The molecular formula is C10H8N2O. The van der Waals surface area contributed by atoms with Crippen LogP contribution in [0.3, 0.4) is 0 Å². The third kappa shape index (κ3) is 1.47. The Bertz CT molecular complexity index is 420. The minimum Gasteiger partial charge on any atom is -0.472 e. The van der Waals surface area contributed by atoms with Crippen molar-refractivity contribution in [1.82, 2.24) is 4.57 Å². The van der Waals surface area contributed by atoms with Gasteiger partial charge in [-0.2, -0.15) is 5.26 Å². The number of hydrogen-bond acceptors (Lipinski definition) is 2. The summed E-state index contributed by atoms with van der Waals surface area (Å²) in [6.45, 7) is 0.687. The van der Waals surface area contributed by atoms with E-state index in [1.807, 2.05) is 22.9 Å². The summed E-state index contributed by atoms with van der Waals surface area (Å²) < 4.78 is 6.82. The molecule has 0 radical (unpaired) electrons. The predicted molar refractivity (Wildman–Crippen MR) is 47.0 cm³/mol. The van der Waals surface area contributed by atoms with Crippen molar-refractivity contribution in [3.05, 3.63) is 48.2 Å². The highest BCUT2D eigenvalue weighted by Gasteiger charge is 2.00. The van der Waals surface area contributed by atoms with Crippen LogP contribution in [0.5, 0.6) is 0 Å². The van der Waals surface area contributed by atoms with Gasteiger partial charge in [-0.05, 0) is 18.2 Å². The molecule has 0 amide bonds. The van der Waals surface area contributed by atoms with Gasteiger partial charge in [0.15, 0.2) is 0 Å². The van der Waals surface area contributed by atoms with Crippen molar-refractivity contribution in [3.8, 4) is 6.07 Å². The van der Waals surface area contributed by atoms with Gasteiger partial charge in [0, 0.05) is 11.8 Å². The van der Waals surface area contributed by atoms with Crippen LogP contribution < -0.4 is 0 Å². The Morgan fingerprint density at radius 3 is 3.08 bits per heavy atom. The van der Waals surface area contributed by atoms with E-state index in [4.69, 9.17) is 9.68 Å². The molecular weight excluding hydrogens is 164 g/mol. The zero-order chi connectivity index (χ0) is 9.10. The van der Waals surface area contributed by atoms with Crippen molar-refractivity contribution in [1.29, 1.82) is 5.26 Å². The second kappa shape index (κ2) is 3.20. The Balaban J connectivity index is 2.24. The first-order valence-electron chi connectivity index (χ1n) is 3.96. The lowest BCUT2D eigenvalue weighted by Gasteiger charge is -2.00. The topological polar surface area (TPSA) is 41.9 Å². The summed E-state index contributed by atoms with van der Waals surface area (Å²) in [6, 6.07) is 7.66. The molecule has 0 saturated carbocycles. The van der Waals surface area contributed by atoms with Crippen LogP contribution in [0.25, 0.3) is 0 Å². The largest absolute Gasteiger partial charge is 0.472 e. The van der Waals surface area contributed by atoms with Crippen LogP contribution in [0, 0.1) is 11.3 Å². The number of nitrogens with zero attached hydrogens (tertiary/aromatic N) is 2. The number of rotatable bonds is 2. The van der Waals surface area contributed by atoms with E-state index in [1.54, 1.807) is 18.6 Å². The maximum absolute atomic E-state index is 8.74. The van der Waals surface area contributed by atoms with Crippen LogP contribution in [0.1, 0.15) is 11.3 Å². The Morgan fingerprint density at radius 2 is 2.38 bits per heavy atom. The average Bonchev–Trinajstić information content (AvgIpc) is 2.76. The van der Waals surface area contributed by atoms with Crippen LogP contribution >= 0.6 is 0 Å². The van der Waals surface area contributed by atoms with Gasteiger partial charge in [0.2, 0.25) is 0 Å². The third-order valence-electron chi connectivity index (χ3n) is 1.88. The molecule has 0 aliphatic rings. The molecule has 2 aromatic heterocycles. The van der Waals surface area contributed by atoms with Crippen LogP contribution in [0.4, 0.5) is 0 Å². The predicted octanol–water partition coefficient (Wildman–Crippen LogP) is 2.00. The smallest absolute Gasteiger partial charge is 0.120 e.